The molecule has 8 rings (SSSR count). The molecule has 0 saturated heterocycles. The smallest absolute Gasteiger partial charge is 0.178 e. The Morgan fingerprint density at radius 1 is 0.429 bits per heavy atom. The third-order valence-corrected chi connectivity index (χ3v) is 11.1. The van der Waals surface area contributed by atoms with Gasteiger partial charge in [0, 0.05) is 26.7 Å². The third kappa shape index (κ3) is 3.86. The maximum atomic E-state index is 14.8. The molecule has 1 aliphatic rings. The van der Waals surface area contributed by atoms with E-state index in [4.69, 9.17) is 9.47 Å². The van der Waals surface area contributed by atoms with Gasteiger partial charge in [-0.05, 0) is 34.0 Å². The maximum absolute atomic E-state index is 14.8. The highest BCUT2D eigenvalue weighted by molar-refractivity contribution is 7.85. The summed E-state index contributed by atoms with van der Waals surface area (Å²) in [4.78, 5) is 0. The molecule has 0 atom stereocenters. The van der Waals surface area contributed by atoms with Gasteiger partial charge in [-0.25, -0.2) is 0 Å². The van der Waals surface area contributed by atoms with Crippen molar-refractivity contribution in [3.05, 3.63) is 152 Å². The summed E-state index contributed by atoms with van der Waals surface area (Å²) >= 11 is 0. The van der Waals surface area contributed by atoms with E-state index in [0.717, 1.165) is 54.3 Å². The Kier molecular flexibility index (Phi) is 5.73. The Balaban J connectivity index is 1.26. The van der Waals surface area contributed by atoms with Crippen molar-refractivity contribution in [3.63, 3.8) is 0 Å². The molecule has 7 aromatic carbocycles. The van der Waals surface area contributed by atoms with Crippen molar-refractivity contribution >= 4 is 44.6 Å². The van der Waals surface area contributed by atoms with Crippen LogP contribution in [0.5, 0.6) is 23.0 Å². The van der Waals surface area contributed by atoms with Crippen molar-refractivity contribution in [2.75, 3.05) is 0 Å². The minimum Gasteiger partial charge on any atom is -0.449 e. The average molecular weight is 561 g/mol. The molecule has 0 aromatic heterocycles. The van der Waals surface area contributed by atoms with E-state index in [1.54, 1.807) is 0 Å². The van der Waals surface area contributed by atoms with E-state index in [1.807, 2.05) is 103 Å². The second-order valence-electron chi connectivity index (χ2n) is 10.4. The first kappa shape index (κ1) is 24.7. The van der Waals surface area contributed by atoms with Crippen LogP contribution in [-0.2, 0) is 4.57 Å². The molecular formula is C38H25O3P. The molecule has 3 nitrogen and oxygen atoms in total. The monoisotopic (exact) mass is 560 g/mol. The zero-order valence-corrected chi connectivity index (χ0v) is 23.5. The van der Waals surface area contributed by atoms with E-state index in [2.05, 4.69) is 48.5 Å². The van der Waals surface area contributed by atoms with Crippen LogP contribution in [-0.4, -0.2) is 0 Å². The molecule has 7 aromatic rings. The van der Waals surface area contributed by atoms with E-state index >= 15 is 0 Å². The fourth-order valence-electron chi connectivity index (χ4n) is 5.95. The van der Waals surface area contributed by atoms with E-state index in [-0.39, 0.29) is 0 Å². The van der Waals surface area contributed by atoms with Crippen molar-refractivity contribution in [1.82, 2.24) is 0 Å². The van der Waals surface area contributed by atoms with E-state index in [1.165, 1.54) is 0 Å². The van der Waals surface area contributed by atoms with Gasteiger partial charge in [0.05, 0.1) is 0 Å². The summed E-state index contributed by atoms with van der Waals surface area (Å²) < 4.78 is 27.9. The molecule has 4 heteroatoms. The minimum atomic E-state index is -3.06. The molecule has 0 aliphatic carbocycles. The van der Waals surface area contributed by atoms with Crippen LogP contribution in [0.4, 0.5) is 0 Å². The Labute approximate surface area is 244 Å². The summed E-state index contributed by atoms with van der Waals surface area (Å²) in [6.45, 7) is 0. The number of benzene rings is 7. The van der Waals surface area contributed by atoms with Crippen molar-refractivity contribution in [3.8, 4) is 34.1 Å². The molecule has 0 radical (unpaired) electrons. The normalized spacial score (nSPS) is 12.3. The van der Waals surface area contributed by atoms with Gasteiger partial charge in [-0.15, -0.1) is 0 Å². The molecule has 1 heterocycles. The quantitative estimate of drug-likeness (QED) is 0.201. The van der Waals surface area contributed by atoms with Crippen LogP contribution in [0, 0.1) is 0 Å². The first-order chi connectivity index (χ1) is 20.7. The lowest BCUT2D eigenvalue weighted by Crippen LogP contribution is -2.24. The summed E-state index contributed by atoms with van der Waals surface area (Å²) in [6, 6.07) is 50.1. The van der Waals surface area contributed by atoms with Crippen molar-refractivity contribution in [2.24, 2.45) is 0 Å². The predicted molar refractivity (Wildman–Crippen MR) is 173 cm³/mol. The first-order valence-electron chi connectivity index (χ1n) is 14.0. The van der Waals surface area contributed by atoms with Crippen molar-refractivity contribution in [2.45, 2.75) is 0 Å². The standard InChI is InChI=1S/C38H25O3P/c39-42(28-12-3-1-4-13-28,29-14-5-2-6-15-29)30-22-19-27(20-23-30)34-25-36-38(33-18-10-9-17-32(33)34)41-37-31-16-8-7-11-26(31)21-24-35(37)40-36/h1-25H. The van der Waals surface area contributed by atoms with Gasteiger partial charge in [-0.1, -0.05) is 140 Å². The van der Waals surface area contributed by atoms with Gasteiger partial charge in [0.15, 0.2) is 30.1 Å². The van der Waals surface area contributed by atoms with Crippen LogP contribution < -0.4 is 25.4 Å². The van der Waals surface area contributed by atoms with Gasteiger partial charge in [0.25, 0.3) is 0 Å². The van der Waals surface area contributed by atoms with Gasteiger partial charge in [-0.3, -0.25) is 0 Å². The maximum Gasteiger partial charge on any atom is 0.178 e. The molecule has 0 fully saturated rings. The number of ether oxygens (including phenoxy) is 2. The van der Waals surface area contributed by atoms with Gasteiger partial charge in [0.1, 0.15) is 0 Å². The van der Waals surface area contributed by atoms with Crippen LogP contribution in [0.2, 0.25) is 0 Å². The van der Waals surface area contributed by atoms with E-state index in [9.17, 15) is 4.57 Å². The second kappa shape index (κ2) is 9.76. The molecule has 0 bridgehead atoms. The second-order valence-corrected chi connectivity index (χ2v) is 13.2. The molecular weight excluding hydrogens is 535 g/mol. The lowest BCUT2D eigenvalue weighted by atomic mass is 9.96. The average Bonchev–Trinajstić information content (AvgIpc) is 3.07. The van der Waals surface area contributed by atoms with Gasteiger partial charge in [-0.2, -0.15) is 0 Å². The van der Waals surface area contributed by atoms with Crippen LogP contribution >= 0.6 is 7.14 Å². The highest BCUT2D eigenvalue weighted by atomic mass is 31.2. The number of rotatable bonds is 4. The molecule has 42 heavy (non-hydrogen) atoms. The molecule has 0 spiro atoms. The summed E-state index contributed by atoms with van der Waals surface area (Å²) in [6.07, 6.45) is 0. The summed E-state index contributed by atoms with van der Waals surface area (Å²) in [5.41, 5.74) is 2.04. The van der Waals surface area contributed by atoms with Gasteiger partial charge < -0.3 is 14.0 Å². The zero-order valence-electron chi connectivity index (χ0n) is 22.6. The lowest BCUT2D eigenvalue weighted by molar-refractivity contribution is 0.367. The van der Waals surface area contributed by atoms with Crippen LogP contribution in [0.3, 0.4) is 0 Å². The van der Waals surface area contributed by atoms with Crippen LogP contribution in [0.25, 0.3) is 32.7 Å². The molecule has 1 aliphatic heterocycles. The summed E-state index contributed by atoms with van der Waals surface area (Å²) in [5, 5.41) is 6.60. The van der Waals surface area contributed by atoms with Crippen molar-refractivity contribution < 1.29 is 14.0 Å². The predicted octanol–water partition coefficient (Wildman–Crippen LogP) is 9.20. The Hall–Kier alpha value is -5.11. The molecule has 0 N–H and O–H groups in total. The summed E-state index contributed by atoms with van der Waals surface area (Å²) in [5.74, 6) is 2.83. The fraction of sp³-hybridized carbons (Fsp3) is 0. The van der Waals surface area contributed by atoms with Gasteiger partial charge >= 0.3 is 0 Å². The van der Waals surface area contributed by atoms with E-state index in [0.29, 0.717) is 17.2 Å². The molecule has 0 saturated carbocycles. The topological polar surface area (TPSA) is 35.5 Å². The van der Waals surface area contributed by atoms with Crippen molar-refractivity contribution in [1.29, 1.82) is 0 Å². The Morgan fingerprint density at radius 2 is 0.976 bits per heavy atom. The van der Waals surface area contributed by atoms with E-state index < -0.39 is 7.14 Å². The molecule has 200 valence electrons. The Bertz CT molecular complexity index is 2110. The first-order valence-corrected chi connectivity index (χ1v) is 15.7. The fourth-order valence-corrected chi connectivity index (χ4v) is 8.59. The number of fused-ring (bicyclic) bond motifs is 6. The van der Waals surface area contributed by atoms with Crippen LogP contribution in [0.1, 0.15) is 0 Å². The zero-order chi connectivity index (χ0) is 28.1. The molecule has 0 amide bonds. The summed E-state index contributed by atoms with van der Waals surface area (Å²) in [7, 11) is -3.06. The highest BCUT2D eigenvalue weighted by Gasteiger charge is 2.30. The highest BCUT2D eigenvalue weighted by Crippen LogP contribution is 2.53. The van der Waals surface area contributed by atoms with Crippen LogP contribution in [0.15, 0.2) is 152 Å². The lowest BCUT2D eigenvalue weighted by Gasteiger charge is -2.25. The third-order valence-electron chi connectivity index (χ3n) is 8.01. The molecule has 0 unspecified atom stereocenters. The minimum absolute atomic E-state index is 0.676. The largest absolute Gasteiger partial charge is 0.449 e. The van der Waals surface area contributed by atoms with Gasteiger partial charge in [0.2, 0.25) is 0 Å². The number of hydrogen-bond donors (Lipinski definition) is 0. The number of hydrogen-bond acceptors (Lipinski definition) is 3. The SMILES string of the molecule is O=P(c1ccccc1)(c1ccccc1)c1ccc(-c2cc3c(c4ccccc24)Oc2c(ccc4ccccc24)O3)cc1. The Morgan fingerprint density at radius 3 is 1.67 bits per heavy atom.